The van der Waals surface area contributed by atoms with E-state index >= 15 is 0 Å². The molecular formula is C13H17N3O2. The van der Waals surface area contributed by atoms with Gasteiger partial charge in [0.1, 0.15) is 0 Å². The average Bonchev–Trinajstić information content (AvgIpc) is 2.91. The fourth-order valence-electron chi connectivity index (χ4n) is 2.78. The Morgan fingerprint density at radius 3 is 2.89 bits per heavy atom. The second-order valence-electron chi connectivity index (χ2n) is 5.11. The van der Waals surface area contributed by atoms with Crippen LogP contribution in [0.3, 0.4) is 0 Å². The smallest absolute Gasteiger partial charge is 0.306 e. The average molecular weight is 247 g/mol. The number of hydrogen-bond acceptors (Lipinski definition) is 4. The standard InChI is InChI=1S/C13H17N3O2/c17-12(18)9-3-4-11-10(7-9)8-14-13(15-11)16-5-1-2-6-16/h8-9H,1-7H2,(H,17,18)/t9-/m1/s1. The third kappa shape index (κ3) is 2.05. The summed E-state index contributed by atoms with van der Waals surface area (Å²) in [4.78, 5) is 22.2. The van der Waals surface area contributed by atoms with Crippen molar-refractivity contribution in [1.29, 1.82) is 0 Å². The normalized spacial score (nSPS) is 22.9. The fourth-order valence-corrected chi connectivity index (χ4v) is 2.78. The van der Waals surface area contributed by atoms with Gasteiger partial charge in [0, 0.05) is 25.0 Å². The molecule has 1 aliphatic heterocycles. The van der Waals surface area contributed by atoms with E-state index in [1.54, 1.807) is 0 Å². The summed E-state index contributed by atoms with van der Waals surface area (Å²) in [6.07, 6.45) is 6.27. The highest BCUT2D eigenvalue weighted by atomic mass is 16.4. The van der Waals surface area contributed by atoms with Crippen LogP contribution in [0, 0.1) is 5.92 Å². The van der Waals surface area contributed by atoms with Crippen LogP contribution in [0.2, 0.25) is 0 Å². The number of carboxylic acids is 1. The van der Waals surface area contributed by atoms with Gasteiger partial charge in [0.2, 0.25) is 5.95 Å². The lowest BCUT2D eigenvalue weighted by Gasteiger charge is -2.22. The monoisotopic (exact) mass is 247 g/mol. The molecule has 1 aromatic heterocycles. The molecule has 1 N–H and O–H groups in total. The summed E-state index contributed by atoms with van der Waals surface area (Å²) < 4.78 is 0. The molecule has 5 heteroatoms. The van der Waals surface area contributed by atoms with Crippen molar-refractivity contribution in [1.82, 2.24) is 9.97 Å². The number of carboxylic acid groups (broad SMARTS) is 1. The van der Waals surface area contributed by atoms with E-state index < -0.39 is 5.97 Å². The predicted molar refractivity (Wildman–Crippen MR) is 66.6 cm³/mol. The molecule has 1 aromatic rings. The Hall–Kier alpha value is -1.65. The molecule has 1 fully saturated rings. The van der Waals surface area contributed by atoms with Crippen molar-refractivity contribution in [3.05, 3.63) is 17.5 Å². The molecule has 18 heavy (non-hydrogen) atoms. The van der Waals surface area contributed by atoms with Gasteiger partial charge in [0.25, 0.3) is 0 Å². The zero-order valence-electron chi connectivity index (χ0n) is 10.3. The molecule has 1 atom stereocenters. The molecular weight excluding hydrogens is 230 g/mol. The Balaban J connectivity index is 1.82. The first-order valence-corrected chi connectivity index (χ1v) is 6.56. The largest absolute Gasteiger partial charge is 0.481 e. The fraction of sp³-hybridized carbons (Fsp3) is 0.615. The van der Waals surface area contributed by atoms with Crippen molar-refractivity contribution in [2.24, 2.45) is 5.92 Å². The zero-order chi connectivity index (χ0) is 12.5. The topological polar surface area (TPSA) is 66.3 Å². The van der Waals surface area contributed by atoms with Crippen molar-refractivity contribution < 1.29 is 9.90 Å². The first-order chi connectivity index (χ1) is 8.74. The molecule has 0 saturated carbocycles. The molecule has 2 heterocycles. The first-order valence-electron chi connectivity index (χ1n) is 6.56. The molecule has 0 spiro atoms. The Kier molecular flexibility index (Phi) is 2.89. The lowest BCUT2D eigenvalue weighted by Crippen LogP contribution is -2.25. The van der Waals surface area contributed by atoms with Crippen LogP contribution in [-0.2, 0) is 17.6 Å². The minimum Gasteiger partial charge on any atom is -0.481 e. The van der Waals surface area contributed by atoms with Gasteiger partial charge >= 0.3 is 5.97 Å². The molecule has 0 unspecified atom stereocenters. The minimum atomic E-state index is -0.704. The molecule has 2 aliphatic rings. The van der Waals surface area contributed by atoms with Crippen molar-refractivity contribution in [2.45, 2.75) is 32.1 Å². The summed E-state index contributed by atoms with van der Waals surface area (Å²) in [7, 11) is 0. The molecule has 1 aliphatic carbocycles. The summed E-state index contributed by atoms with van der Waals surface area (Å²) in [6, 6.07) is 0. The third-order valence-corrected chi connectivity index (χ3v) is 3.88. The summed E-state index contributed by atoms with van der Waals surface area (Å²) in [6.45, 7) is 2.08. The summed E-state index contributed by atoms with van der Waals surface area (Å²) in [5, 5.41) is 9.04. The van der Waals surface area contributed by atoms with Gasteiger partial charge in [-0.3, -0.25) is 4.79 Å². The lowest BCUT2D eigenvalue weighted by molar-refractivity contribution is -0.142. The number of rotatable bonds is 2. The van der Waals surface area contributed by atoms with Crippen molar-refractivity contribution >= 4 is 11.9 Å². The van der Waals surface area contributed by atoms with E-state index in [0.29, 0.717) is 12.8 Å². The second-order valence-corrected chi connectivity index (χ2v) is 5.11. The minimum absolute atomic E-state index is 0.265. The maximum absolute atomic E-state index is 11.0. The van der Waals surface area contributed by atoms with Crippen LogP contribution in [0.25, 0.3) is 0 Å². The van der Waals surface area contributed by atoms with Gasteiger partial charge in [0.05, 0.1) is 5.92 Å². The number of fused-ring (bicyclic) bond motifs is 1. The molecule has 0 amide bonds. The molecule has 0 bridgehead atoms. The van der Waals surface area contributed by atoms with Gasteiger partial charge in [-0.15, -0.1) is 0 Å². The molecule has 1 saturated heterocycles. The van der Waals surface area contributed by atoms with Crippen LogP contribution >= 0.6 is 0 Å². The Labute approximate surface area is 106 Å². The molecule has 0 radical (unpaired) electrons. The second kappa shape index (κ2) is 4.55. The van der Waals surface area contributed by atoms with Gasteiger partial charge in [0.15, 0.2) is 0 Å². The Morgan fingerprint density at radius 1 is 1.39 bits per heavy atom. The van der Waals surface area contributed by atoms with Crippen LogP contribution in [0.5, 0.6) is 0 Å². The van der Waals surface area contributed by atoms with E-state index in [0.717, 1.165) is 36.7 Å². The van der Waals surface area contributed by atoms with Crippen LogP contribution in [0.4, 0.5) is 5.95 Å². The van der Waals surface area contributed by atoms with Crippen LogP contribution in [0.15, 0.2) is 6.20 Å². The van der Waals surface area contributed by atoms with E-state index in [2.05, 4.69) is 14.9 Å². The lowest BCUT2D eigenvalue weighted by atomic mass is 9.87. The number of anilines is 1. The Bertz CT molecular complexity index is 469. The van der Waals surface area contributed by atoms with E-state index in [1.165, 1.54) is 12.8 Å². The van der Waals surface area contributed by atoms with E-state index in [9.17, 15) is 4.79 Å². The van der Waals surface area contributed by atoms with Gasteiger partial charge in [-0.2, -0.15) is 0 Å². The number of aliphatic carboxylic acids is 1. The SMILES string of the molecule is O=C(O)[C@@H]1CCc2nc(N3CCCC3)ncc2C1. The van der Waals surface area contributed by atoms with Crippen molar-refractivity contribution in [2.75, 3.05) is 18.0 Å². The highest BCUT2D eigenvalue weighted by molar-refractivity contribution is 5.70. The van der Waals surface area contributed by atoms with Gasteiger partial charge in [-0.1, -0.05) is 0 Å². The van der Waals surface area contributed by atoms with Crippen LogP contribution in [-0.4, -0.2) is 34.1 Å². The van der Waals surface area contributed by atoms with Crippen LogP contribution in [0.1, 0.15) is 30.5 Å². The maximum atomic E-state index is 11.0. The summed E-state index contributed by atoms with van der Waals surface area (Å²) >= 11 is 0. The number of carbonyl (C=O) groups is 1. The van der Waals surface area contributed by atoms with Crippen molar-refractivity contribution in [3.63, 3.8) is 0 Å². The quantitative estimate of drug-likeness (QED) is 0.852. The predicted octanol–water partition coefficient (Wildman–Crippen LogP) is 1.27. The van der Waals surface area contributed by atoms with E-state index in [1.807, 2.05) is 6.20 Å². The van der Waals surface area contributed by atoms with Gasteiger partial charge in [-0.25, -0.2) is 9.97 Å². The highest BCUT2D eigenvalue weighted by Gasteiger charge is 2.26. The molecule has 3 rings (SSSR count). The number of nitrogens with zero attached hydrogens (tertiary/aromatic N) is 3. The van der Waals surface area contributed by atoms with E-state index in [-0.39, 0.29) is 5.92 Å². The van der Waals surface area contributed by atoms with Gasteiger partial charge in [-0.05, 0) is 37.7 Å². The Morgan fingerprint density at radius 2 is 2.17 bits per heavy atom. The molecule has 0 aromatic carbocycles. The third-order valence-electron chi connectivity index (χ3n) is 3.88. The van der Waals surface area contributed by atoms with Crippen LogP contribution < -0.4 is 4.90 Å². The number of aryl methyl sites for hydroxylation is 1. The maximum Gasteiger partial charge on any atom is 0.306 e. The summed E-state index contributed by atoms with van der Waals surface area (Å²) in [5.74, 6) is -0.150. The number of aromatic nitrogens is 2. The highest BCUT2D eigenvalue weighted by Crippen LogP contribution is 2.26. The van der Waals surface area contributed by atoms with E-state index in [4.69, 9.17) is 5.11 Å². The summed E-state index contributed by atoms with van der Waals surface area (Å²) in [5.41, 5.74) is 2.06. The zero-order valence-corrected chi connectivity index (χ0v) is 10.3. The molecule has 96 valence electrons. The molecule has 5 nitrogen and oxygen atoms in total. The first kappa shape index (κ1) is 11.4. The number of hydrogen-bond donors (Lipinski definition) is 1. The van der Waals surface area contributed by atoms with Gasteiger partial charge < -0.3 is 10.0 Å². The van der Waals surface area contributed by atoms with Crippen molar-refractivity contribution in [3.8, 4) is 0 Å².